The molecular formula is C17H16F2O. The smallest absolute Gasteiger partial charge is 0.252 e. The van der Waals surface area contributed by atoms with E-state index in [-0.39, 0.29) is 25.4 Å². The van der Waals surface area contributed by atoms with Crippen LogP contribution in [-0.4, -0.2) is 12.5 Å². The molecule has 0 saturated heterocycles. The van der Waals surface area contributed by atoms with Gasteiger partial charge in [0.25, 0.3) is 5.92 Å². The Kier molecular flexibility index (Phi) is 3.43. The highest BCUT2D eigenvalue weighted by molar-refractivity contribution is 5.34. The molecule has 0 spiro atoms. The molecule has 3 heteroatoms. The second kappa shape index (κ2) is 5.23. The van der Waals surface area contributed by atoms with Crippen molar-refractivity contribution in [3.05, 3.63) is 65.7 Å². The van der Waals surface area contributed by atoms with E-state index in [1.54, 1.807) is 6.07 Å². The molecule has 0 saturated carbocycles. The highest BCUT2D eigenvalue weighted by atomic mass is 19.3. The van der Waals surface area contributed by atoms with Crippen molar-refractivity contribution in [3.8, 4) is 5.75 Å². The largest absolute Gasteiger partial charge is 0.493 e. The molecule has 1 atom stereocenters. The predicted octanol–water partition coefficient (Wildman–Crippen LogP) is 4.43. The van der Waals surface area contributed by atoms with Crippen molar-refractivity contribution in [1.82, 2.24) is 0 Å². The monoisotopic (exact) mass is 274 g/mol. The summed E-state index contributed by atoms with van der Waals surface area (Å²) < 4.78 is 33.3. The maximum atomic E-state index is 13.8. The minimum Gasteiger partial charge on any atom is -0.493 e. The van der Waals surface area contributed by atoms with E-state index in [1.165, 1.54) is 0 Å². The Hall–Kier alpha value is -1.90. The van der Waals surface area contributed by atoms with Crippen LogP contribution in [0.1, 0.15) is 23.5 Å². The van der Waals surface area contributed by atoms with Crippen LogP contribution in [0.3, 0.4) is 0 Å². The molecular weight excluding hydrogens is 258 g/mol. The van der Waals surface area contributed by atoms with Gasteiger partial charge in [0, 0.05) is 18.8 Å². The first-order valence-electron chi connectivity index (χ1n) is 6.77. The lowest BCUT2D eigenvalue weighted by Gasteiger charge is -2.31. The third kappa shape index (κ3) is 2.82. The summed E-state index contributed by atoms with van der Waals surface area (Å²) in [5.74, 6) is -2.17. The highest BCUT2D eigenvalue weighted by Crippen LogP contribution is 2.40. The van der Waals surface area contributed by atoms with Crippen LogP contribution >= 0.6 is 0 Å². The number of hydrogen-bond acceptors (Lipinski definition) is 1. The third-order valence-electron chi connectivity index (χ3n) is 3.68. The van der Waals surface area contributed by atoms with E-state index in [0.717, 1.165) is 16.9 Å². The van der Waals surface area contributed by atoms with Gasteiger partial charge in [-0.05, 0) is 23.3 Å². The SMILES string of the molecule is FC1(F)Cc2ccccc2C(COc2ccccc2)C1. The van der Waals surface area contributed by atoms with E-state index < -0.39 is 5.92 Å². The van der Waals surface area contributed by atoms with Crippen molar-refractivity contribution >= 4 is 0 Å². The van der Waals surface area contributed by atoms with Crippen molar-refractivity contribution in [2.45, 2.75) is 24.7 Å². The first-order valence-corrected chi connectivity index (χ1v) is 6.77. The Balaban J connectivity index is 1.79. The molecule has 0 fully saturated rings. The van der Waals surface area contributed by atoms with Gasteiger partial charge in [0.05, 0.1) is 6.61 Å². The summed E-state index contributed by atoms with van der Waals surface area (Å²) >= 11 is 0. The molecule has 20 heavy (non-hydrogen) atoms. The minimum absolute atomic E-state index is 0.142. The second-order valence-corrected chi connectivity index (χ2v) is 5.26. The summed E-state index contributed by atoms with van der Waals surface area (Å²) in [5.41, 5.74) is 1.74. The highest BCUT2D eigenvalue weighted by Gasteiger charge is 2.39. The van der Waals surface area contributed by atoms with Gasteiger partial charge in [-0.2, -0.15) is 0 Å². The predicted molar refractivity (Wildman–Crippen MR) is 74.4 cm³/mol. The van der Waals surface area contributed by atoms with Crippen LogP contribution in [0.5, 0.6) is 5.75 Å². The summed E-state index contributed by atoms with van der Waals surface area (Å²) in [7, 11) is 0. The summed E-state index contributed by atoms with van der Waals surface area (Å²) in [6, 6.07) is 16.8. The summed E-state index contributed by atoms with van der Waals surface area (Å²) in [6.45, 7) is 0.288. The molecule has 2 aromatic rings. The topological polar surface area (TPSA) is 9.23 Å². The molecule has 0 heterocycles. The van der Waals surface area contributed by atoms with E-state index in [1.807, 2.05) is 48.5 Å². The molecule has 104 valence electrons. The fraction of sp³-hybridized carbons (Fsp3) is 0.294. The quantitative estimate of drug-likeness (QED) is 0.804. The standard InChI is InChI=1S/C17H16F2O/c18-17(19)10-13-6-4-5-9-16(13)14(11-17)12-20-15-7-2-1-3-8-15/h1-9,14H,10-12H2. The molecule has 0 amide bonds. The molecule has 3 rings (SSSR count). The van der Waals surface area contributed by atoms with Crippen molar-refractivity contribution in [2.75, 3.05) is 6.61 Å². The van der Waals surface area contributed by atoms with Gasteiger partial charge in [-0.1, -0.05) is 42.5 Å². The first kappa shape index (κ1) is 13.1. The molecule has 1 nitrogen and oxygen atoms in total. The number of alkyl halides is 2. The van der Waals surface area contributed by atoms with Crippen LogP contribution in [0.2, 0.25) is 0 Å². The fourth-order valence-corrected chi connectivity index (χ4v) is 2.78. The average Bonchev–Trinajstić information content (AvgIpc) is 2.45. The van der Waals surface area contributed by atoms with Crippen LogP contribution in [0, 0.1) is 0 Å². The molecule has 1 aliphatic rings. The number of benzene rings is 2. The van der Waals surface area contributed by atoms with Crippen LogP contribution < -0.4 is 4.74 Å². The molecule has 2 aromatic carbocycles. The van der Waals surface area contributed by atoms with Gasteiger partial charge in [-0.3, -0.25) is 0 Å². The Morgan fingerprint density at radius 3 is 2.50 bits per heavy atom. The summed E-state index contributed by atoms with van der Waals surface area (Å²) in [4.78, 5) is 0. The van der Waals surface area contributed by atoms with Crippen LogP contribution in [-0.2, 0) is 6.42 Å². The van der Waals surface area contributed by atoms with E-state index in [4.69, 9.17) is 4.74 Å². The molecule has 0 aliphatic heterocycles. The third-order valence-corrected chi connectivity index (χ3v) is 3.68. The number of hydrogen-bond donors (Lipinski definition) is 0. The zero-order chi connectivity index (χ0) is 14.0. The Morgan fingerprint density at radius 2 is 1.70 bits per heavy atom. The van der Waals surface area contributed by atoms with Gasteiger partial charge in [0.2, 0.25) is 0 Å². The van der Waals surface area contributed by atoms with Gasteiger partial charge in [0.1, 0.15) is 5.75 Å². The Bertz CT molecular complexity index is 581. The van der Waals surface area contributed by atoms with Gasteiger partial charge in [0.15, 0.2) is 0 Å². The van der Waals surface area contributed by atoms with Gasteiger partial charge >= 0.3 is 0 Å². The van der Waals surface area contributed by atoms with E-state index in [0.29, 0.717) is 0 Å². The van der Waals surface area contributed by atoms with Crippen molar-refractivity contribution in [1.29, 1.82) is 0 Å². The molecule has 0 bridgehead atoms. The average molecular weight is 274 g/mol. The lowest BCUT2D eigenvalue weighted by atomic mass is 9.81. The number of rotatable bonds is 3. The lowest BCUT2D eigenvalue weighted by molar-refractivity contribution is -0.0248. The maximum Gasteiger partial charge on any atom is 0.252 e. The lowest BCUT2D eigenvalue weighted by Crippen LogP contribution is -2.31. The fourth-order valence-electron chi connectivity index (χ4n) is 2.78. The zero-order valence-electron chi connectivity index (χ0n) is 11.1. The maximum absolute atomic E-state index is 13.8. The summed E-state index contributed by atoms with van der Waals surface area (Å²) in [5, 5.41) is 0. The van der Waals surface area contributed by atoms with E-state index >= 15 is 0 Å². The van der Waals surface area contributed by atoms with E-state index in [9.17, 15) is 8.78 Å². The van der Waals surface area contributed by atoms with Crippen LogP contribution in [0.25, 0.3) is 0 Å². The number of ether oxygens (including phenoxy) is 1. The van der Waals surface area contributed by atoms with Gasteiger partial charge < -0.3 is 4.74 Å². The van der Waals surface area contributed by atoms with Gasteiger partial charge in [-0.15, -0.1) is 0 Å². The number of halogens is 2. The molecule has 0 aromatic heterocycles. The summed E-state index contributed by atoms with van der Waals surface area (Å²) in [6.07, 6.45) is -0.304. The Labute approximate surface area is 117 Å². The zero-order valence-corrected chi connectivity index (χ0v) is 11.1. The van der Waals surface area contributed by atoms with Crippen LogP contribution in [0.4, 0.5) is 8.78 Å². The molecule has 0 radical (unpaired) electrons. The van der Waals surface area contributed by atoms with Crippen molar-refractivity contribution in [3.63, 3.8) is 0 Å². The minimum atomic E-state index is -2.64. The van der Waals surface area contributed by atoms with Crippen LogP contribution in [0.15, 0.2) is 54.6 Å². The normalized spacial score (nSPS) is 20.2. The Morgan fingerprint density at radius 1 is 1.00 bits per heavy atom. The van der Waals surface area contributed by atoms with Gasteiger partial charge in [-0.25, -0.2) is 8.78 Å². The van der Waals surface area contributed by atoms with E-state index in [2.05, 4.69) is 0 Å². The van der Waals surface area contributed by atoms with Crippen molar-refractivity contribution < 1.29 is 13.5 Å². The second-order valence-electron chi connectivity index (χ2n) is 5.26. The van der Waals surface area contributed by atoms with Crippen molar-refractivity contribution in [2.24, 2.45) is 0 Å². The molecule has 1 aliphatic carbocycles. The number of para-hydroxylation sites is 1. The molecule has 1 unspecified atom stereocenters. The number of fused-ring (bicyclic) bond motifs is 1. The molecule has 0 N–H and O–H groups in total. The first-order chi connectivity index (χ1) is 9.64.